The van der Waals surface area contributed by atoms with Crippen LogP contribution in [-0.2, 0) is 9.47 Å². The lowest BCUT2D eigenvalue weighted by Gasteiger charge is -2.46. The maximum absolute atomic E-state index is 6.09. The molecule has 106 valence electrons. The molecule has 18 heavy (non-hydrogen) atoms. The van der Waals surface area contributed by atoms with Crippen LogP contribution in [0.4, 0.5) is 0 Å². The molecule has 1 spiro atoms. The number of nitrogens with zero attached hydrogens (tertiary/aromatic N) is 1. The van der Waals surface area contributed by atoms with E-state index < -0.39 is 0 Å². The highest BCUT2D eigenvalue weighted by Gasteiger charge is 2.40. The van der Waals surface area contributed by atoms with Crippen molar-refractivity contribution in [2.24, 2.45) is 11.7 Å². The number of nitrogens with two attached hydrogens (primary N) is 1. The average molecular weight is 256 g/mol. The first-order valence-corrected chi connectivity index (χ1v) is 7.27. The van der Waals surface area contributed by atoms with Gasteiger partial charge >= 0.3 is 0 Å². The van der Waals surface area contributed by atoms with Crippen LogP contribution in [0.15, 0.2) is 0 Å². The summed E-state index contributed by atoms with van der Waals surface area (Å²) in [7, 11) is 2.23. The Kier molecular flexibility index (Phi) is 5.01. The Morgan fingerprint density at radius 3 is 2.72 bits per heavy atom. The summed E-state index contributed by atoms with van der Waals surface area (Å²) in [5.41, 5.74) is 5.82. The minimum atomic E-state index is 0.0986. The standard InChI is InChI=1S/C14H28N2O2/c1-12(10-15)11-16(2)13-3-6-18-14(9-13)4-7-17-8-5-14/h12-13H,3-11,15H2,1-2H3. The van der Waals surface area contributed by atoms with E-state index in [0.717, 1.165) is 58.6 Å². The highest BCUT2D eigenvalue weighted by molar-refractivity contribution is 4.92. The number of hydrogen-bond donors (Lipinski definition) is 1. The van der Waals surface area contributed by atoms with Crippen LogP contribution in [0.5, 0.6) is 0 Å². The molecule has 0 bridgehead atoms. The predicted octanol–water partition coefficient (Wildman–Crippen LogP) is 1.24. The summed E-state index contributed by atoms with van der Waals surface area (Å²) in [5.74, 6) is 0.573. The van der Waals surface area contributed by atoms with Crippen molar-refractivity contribution in [2.75, 3.05) is 40.0 Å². The molecular formula is C14H28N2O2. The maximum atomic E-state index is 6.09. The predicted molar refractivity (Wildman–Crippen MR) is 72.6 cm³/mol. The van der Waals surface area contributed by atoms with Crippen LogP contribution in [0.1, 0.15) is 32.6 Å². The second-order valence-corrected chi connectivity index (χ2v) is 6.07. The Morgan fingerprint density at radius 2 is 2.06 bits per heavy atom. The molecule has 0 radical (unpaired) electrons. The third kappa shape index (κ3) is 3.44. The molecule has 0 saturated carbocycles. The average Bonchev–Trinajstić information content (AvgIpc) is 2.39. The summed E-state index contributed by atoms with van der Waals surface area (Å²) < 4.78 is 11.6. The Morgan fingerprint density at radius 1 is 1.33 bits per heavy atom. The van der Waals surface area contributed by atoms with Crippen molar-refractivity contribution in [3.8, 4) is 0 Å². The molecule has 0 aliphatic carbocycles. The fourth-order valence-electron chi connectivity index (χ4n) is 3.19. The summed E-state index contributed by atoms with van der Waals surface area (Å²) in [6.45, 7) is 6.69. The lowest BCUT2D eigenvalue weighted by Crippen LogP contribution is -2.51. The van der Waals surface area contributed by atoms with E-state index in [9.17, 15) is 0 Å². The molecular weight excluding hydrogens is 228 g/mol. The molecule has 2 aliphatic rings. The van der Waals surface area contributed by atoms with Crippen LogP contribution in [0.2, 0.25) is 0 Å². The lowest BCUT2D eigenvalue weighted by molar-refractivity contribution is -0.150. The van der Waals surface area contributed by atoms with Crippen LogP contribution in [0.3, 0.4) is 0 Å². The molecule has 2 unspecified atom stereocenters. The molecule has 0 aromatic carbocycles. The van der Waals surface area contributed by atoms with E-state index in [1.165, 1.54) is 0 Å². The second-order valence-electron chi connectivity index (χ2n) is 6.07. The minimum absolute atomic E-state index is 0.0986. The van der Waals surface area contributed by atoms with E-state index in [1.54, 1.807) is 0 Å². The minimum Gasteiger partial charge on any atom is -0.381 e. The van der Waals surface area contributed by atoms with Gasteiger partial charge in [-0.25, -0.2) is 0 Å². The van der Waals surface area contributed by atoms with Crippen molar-refractivity contribution in [3.05, 3.63) is 0 Å². The Balaban J connectivity index is 1.89. The number of rotatable bonds is 4. The van der Waals surface area contributed by atoms with E-state index in [2.05, 4.69) is 18.9 Å². The molecule has 2 atom stereocenters. The van der Waals surface area contributed by atoms with E-state index in [1.807, 2.05) is 0 Å². The van der Waals surface area contributed by atoms with Crippen LogP contribution in [0, 0.1) is 5.92 Å². The first kappa shape index (κ1) is 14.3. The molecule has 4 heteroatoms. The van der Waals surface area contributed by atoms with Gasteiger partial charge in [-0.1, -0.05) is 6.92 Å². The van der Waals surface area contributed by atoms with Gasteiger partial charge in [0, 0.05) is 32.4 Å². The quantitative estimate of drug-likeness (QED) is 0.822. The molecule has 2 heterocycles. The van der Waals surface area contributed by atoms with Gasteiger partial charge in [0.05, 0.1) is 5.60 Å². The molecule has 0 aromatic heterocycles. The van der Waals surface area contributed by atoms with Crippen molar-refractivity contribution in [2.45, 2.75) is 44.2 Å². The SMILES string of the molecule is CC(CN)CN(C)C1CCOC2(CCOCC2)C1. The van der Waals surface area contributed by atoms with Crippen molar-refractivity contribution in [1.82, 2.24) is 4.90 Å². The maximum Gasteiger partial charge on any atom is 0.0741 e. The van der Waals surface area contributed by atoms with Crippen LogP contribution < -0.4 is 5.73 Å². The first-order chi connectivity index (χ1) is 8.65. The lowest BCUT2D eigenvalue weighted by atomic mass is 9.83. The molecule has 2 rings (SSSR count). The zero-order valence-corrected chi connectivity index (χ0v) is 11.9. The largest absolute Gasteiger partial charge is 0.381 e. The van der Waals surface area contributed by atoms with Crippen molar-refractivity contribution in [3.63, 3.8) is 0 Å². The van der Waals surface area contributed by atoms with Crippen molar-refractivity contribution < 1.29 is 9.47 Å². The van der Waals surface area contributed by atoms with Gasteiger partial charge in [0.2, 0.25) is 0 Å². The summed E-state index contributed by atoms with van der Waals surface area (Å²) in [5, 5.41) is 0. The third-order valence-electron chi connectivity index (χ3n) is 4.50. The summed E-state index contributed by atoms with van der Waals surface area (Å²) in [6.07, 6.45) is 4.42. The zero-order chi connectivity index (χ0) is 13.0. The van der Waals surface area contributed by atoms with Gasteiger partial charge in [0.1, 0.15) is 0 Å². The van der Waals surface area contributed by atoms with Gasteiger partial charge in [-0.3, -0.25) is 0 Å². The Labute approximate surface area is 111 Å². The molecule has 2 N–H and O–H groups in total. The molecule has 2 fully saturated rings. The number of hydrogen-bond acceptors (Lipinski definition) is 4. The topological polar surface area (TPSA) is 47.7 Å². The van der Waals surface area contributed by atoms with Gasteiger partial charge in [-0.05, 0) is 45.2 Å². The fraction of sp³-hybridized carbons (Fsp3) is 1.00. The van der Waals surface area contributed by atoms with E-state index in [-0.39, 0.29) is 5.60 Å². The fourth-order valence-corrected chi connectivity index (χ4v) is 3.19. The summed E-state index contributed by atoms with van der Waals surface area (Å²) >= 11 is 0. The van der Waals surface area contributed by atoms with Gasteiger partial charge < -0.3 is 20.1 Å². The normalized spacial score (nSPS) is 29.7. The molecule has 0 aromatic rings. The Hall–Kier alpha value is -0.160. The van der Waals surface area contributed by atoms with Gasteiger partial charge in [0.15, 0.2) is 0 Å². The first-order valence-electron chi connectivity index (χ1n) is 7.27. The molecule has 2 saturated heterocycles. The summed E-state index contributed by atoms with van der Waals surface area (Å²) in [4.78, 5) is 2.48. The molecule has 4 nitrogen and oxygen atoms in total. The second kappa shape index (κ2) is 6.33. The van der Waals surface area contributed by atoms with Crippen molar-refractivity contribution >= 4 is 0 Å². The van der Waals surface area contributed by atoms with Crippen LogP contribution >= 0.6 is 0 Å². The number of ether oxygens (including phenoxy) is 2. The highest BCUT2D eigenvalue weighted by atomic mass is 16.5. The third-order valence-corrected chi connectivity index (χ3v) is 4.50. The van der Waals surface area contributed by atoms with Crippen molar-refractivity contribution in [1.29, 1.82) is 0 Å². The Bertz CT molecular complexity index is 249. The van der Waals surface area contributed by atoms with E-state index in [4.69, 9.17) is 15.2 Å². The molecule has 2 aliphatic heterocycles. The van der Waals surface area contributed by atoms with E-state index >= 15 is 0 Å². The smallest absolute Gasteiger partial charge is 0.0741 e. The highest BCUT2D eigenvalue weighted by Crippen LogP contribution is 2.35. The molecule has 0 amide bonds. The zero-order valence-electron chi connectivity index (χ0n) is 11.9. The van der Waals surface area contributed by atoms with Gasteiger partial charge in [-0.2, -0.15) is 0 Å². The monoisotopic (exact) mass is 256 g/mol. The van der Waals surface area contributed by atoms with Crippen LogP contribution in [0.25, 0.3) is 0 Å². The van der Waals surface area contributed by atoms with Gasteiger partial charge in [-0.15, -0.1) is 0 Å². The van der Waals surface area contributed by atoms with Crippen LogP contribution in [-0.4, -0.2) is 56.5 Å². The summed E-state index contributed by atoms with van der Waals surface area (Å²) in [6, 6.07) is 0.644. The van der Waals surface area contributed by atoms with Gasteiger partial charge in [0.25, 0.3) is 0 Å². The van der Waals surface area contributed by atoms with E-state index in [0.29, 0.717) is 12.0 Å².